The molecule has 0 radical (unpaired) electrons. The maximum absolute atomic E-state index is 14.0. The molecular formula is C31H44N4O2. The van der Waals surface area contributed by atoms with Crippen LogP contribution in [-0.2, 0) is 15.0 Å². The highest BCUT2D eigenvalue weighted by atomic mass is 16.2. The Bertz CT molecular complexity index is 1070. The van der Waals surface area contributed by atoms with Crippen LogP contribution >= 0.6 is 0 Å². The molecule has 2 amide bonds. The fourth-order valence-corrected chi connectivity index (χ4v) is 5.77. The van der Waals surface area contributed by atoms with Gasteiger partial charge in [-0.05, 0) is 73.7 Å². The van der Waals surface area contributed by atoms with E-state index in [0.717, 1.165) is 55.2 Å². The minimum absolute atomic E-state index is 0.0153. The first kappa shape index (κ1) is 27.3. The lowest BCUT2D eigenvalue weighted by Crippen LogP contribution is -2.55. The van der Waals surface area contributed by atoms with Gasteiger partial charge in [0.15, 0.2) is 0 Å². The Hall–Kier alpha value is -2.73. The van der Waals surface area contributed by atoms with Gasteiger partial charge in [0.1, 0.15) is 6.04 Å². The SMILES string of the molecule is CNC(C)C(=O)N[C@H](C(=O)N1CCCC1c1cncc(-c2ccc(C(C)(C)C)cc2)c1)C1CCCCC1. The van der Waals surface area contributed by atoms with Gasteiger partial charge in [-0.2, -0.15) is 0 Å². The van der Waals surface area contributed by atoms with Crippen molar-refractivity contribution >= 4 is 11.8 Å². The first-order valence-electron chi connectivity index (χ1n) is 14.0. The summed E-state index contributed by atoms with van der Waals surface area (Å²) in [7, 11) is 1.77. The zero-order valence-electron chi connectivity index (χ0n) is 23.2. The maximum Gasteiger partial charge on any atom is 0.245 e. The van der Waals surface area contributed by atoms with Crippen LogP contribution in [-0.4, -0.2) is 47.4 Å². The standard InChI is InChI=1S/C31H44N4O2/c1-21(32-5)29(36)34-28(23-10-7-6-8-11-23)30(37)35-17-9-12-27(35)25-18-24(19-33-20-25)22-13-15-26(16-14-22)31(2,3)4/h13-16,18-21,23,27-28,32H,6-12,17H2,1-5H3,(H,34,36)/t21?,27?,28-/m0/s1. The van der Waals surface area contributed by atoms with Gasteiger partial charge in [0, 0.05) is 24.5 Å². The van der Waals surface area contributed by atoms with Crippen molar-refractivity contribution in [2.45, 2.75) is 96.2 Å². The van der Waals surface area contributed by atoms with Crippen LogP contribution in [0.3, 0.4) is 0 Å². The number of aromatic nitrogens is 1. The van der Waals surface area contributed by atoms with Gasteiger partial charge in [0.25, 0.3) is 0 Å². The van der Waals surface area contributed by atoms with Crippen LogP contribution in [0.2, 0.25) is 0 Å². The number of rotatable bonds is 7. The molecule has 2 heterocycles. The lowest BCUT2D eigenvalue weighted by Gasteiger charge is -2.35. The summed E-state index contributed by atoms with van der Waals surface area (Å²) in [6.07, 6.45) is 11.1. The molecule has 200 valence electrons. The van der Waals surface area contributed by atoms with Gasteiger partial charge < -0.3 is 15.5 Å². The maximum atomic E-state index is 14.0. The number of benzene rings is 1. The number of likely N-dealkylation sites (N-methyl/N-ethyl adjacent to an activating group) is 1. The second-order valence-electron chi connectivity index (χ2n) is 11.9. The Morgan fingerprint density at radius 3 is 2.32 bits per heavy atom. The number of carbonyl (C=O) groups excluding carboxylic acids is 2. The van der Waals surface area contributed by atoms with Crippen molar-refractivity contribution < 1.29 is 9.59 Å². The lowest BCUT2D eigenvalue weighted by molar-refractivity contribution is -0.139. The summed E-state index contributed by atoms with van der Waals surface area (Å²) in [6.45, 7) is 9.21. The molecule has 1 saturated heterocycles. The van der Waals surface area contributed by atoms with Gasteiger partial charge in [-0.1, -0.05) is 64.3 Å². The van der Waals surface area contributed by atoms with Crippen molar-refractivity contribution in [2.75, 3.05) is 13.6 Å². The Kier molecular flexibility index (Phi) is 8.68. The van der Waals surface area contributed by atoms with Gasteiger partial charge in [-0.15, -0.1) is 0 Å². The van der Waals surface area contributed by atoms with E-state index < -0.39 is 6.04 Å². The third-order valence-electron chi connectivity index (χ3n) is 8.28. The van der Waals surface area contributed by atoms with E-state index in [9.17, 15) is 9.59 Å². The minimum atomic E-state index is -0.467. The van der Waals surface area contributed by atoms with E-state index in [4.69, 9.17) is 0 Å². The number of nitrogens with one attached hydrogen (secondary N) is 2. The Balaban J connectivity index is 1.57. The normalized spacial score (nSPS) is 20.5. The van der Waals surface area contributed by atoms with E-state index in [0.29, 0.717) is 6.54 Å². The van der Waals surface area contributed by atoms with Crippen LogP contribution < -0.4 is 10.6 Å². The van der Waals surface area contributed by atoms with Crippen LogP contribution in [0, 0.1) is 5.92 Å². The molecular weight excluding hydrogens is 460 g/mol. The van der Waals surface area contributed by atoms with E-state index in [-0.39, 0.29) is 35.2 Å². The number of hydrogen-bond acceptors (Lipinski definition) is 4. The topological polar surface area (TPSA) is 74.3 Å². The molecule has 6 nitrogen and oxygen atoms in total. The molecule has 2 N–H and O–H groups in total. The zero-order chi connectivity index (χ0) is 26.6. The summed E-state index contributed by atoms with van der Waals surface area (Å²) in [5.41, 5.74) is 4.68. The molecule has 2 unspecified atom stereocenters. The summed E-state index contributed by atoms with van der Waals surface area (Å²) >= 11 is 0. The number of amides is 2. The summed E-state index contributed by atoms with van der Waals surface area (Å²) in [4.78, 5) is 33.4. The van der Waals surface area contributed by atoms with Gasteiger partial charge in [-0.3, -0.25) is 14.6 Å². The third kappa shape index (κ3) is 6.40. The van der Waals surface area contributed by atoms with Crippen molar-refractivity contribution in [1.82, 2.24) is 20.5 Å². The molecule has 0 spiro atoms. The van der Waals surface area contributed by atoms with Crippen molar-refractivity contribution in [2.24, 2.45) is 5.92 Å². The summed E-state index contributed by atoms with van der Waals surface area (Å²) < 4.78 is 0. The Labute approximate surface area is 222 Å². The second-order valence-corrected chi connectivity index (χ2v) is 11.9. The summed E-state index contributed by atoms with van der Waals surface area (Å²) in [5.74, 6) is 0.150. The quantitative estimate of drug-likeness (QED) is 0.531. The molecule has 37 heavy (non-hydrogen) atoms. The minimum Gasteiger partial charge on any atom is -0.343 e. The van der Waals surface area contributed by atoms with Crippen LogP contribution in [0.1, 0.15) is 89.8 Å². The first-order chi connectivity index (χ1) is 17.7. The highest BCUT2D eigenvalue weighted by Crippen LogP contribution is 2.36. The fourth-order valence-electron chi connectivity index (χ4n) is 5.77. The third-order valence-corrected chi connectivity index (χ3v) is 8.28. The molecule has 1 aromatic heterocycles. The van der Waals surface area contributed by atoms with Crippen molar-refractivity contribution in [3.05, 3.63) is 53.9 Å². The predicted molar refractivity (Wildman–Crippen MR) is 149 cm³/mol. The van der Waals surface area contributed by atoms with Crippen LogP contribution in [0.5, 0.6) is 0 Å². The number of nitrogens with zero attached hydrogens (tertiary/aromatic N) is 2. The molecule has 2 aliphatic rings. The number of hydrogen-bond donors (Lipinski definition) is 2. The van der Waals surface area contributed by atoms with Crippen molar-refractivity contribution in [3.63, 3.8) is 0 Å². The van der Waals surface area contributed by atoms with Gasteiger partial charge in [0.2, 0.25) is 11.8 Å². The number of pyridine rings is 1. The van der Waals surface area contributed by atoms with Crippen LogP contribution in [0.15, 0.2) is 42.7 Å². The number of likely N-dealkylation sites (tertiary alicyclic amines) is 1. The van der Waals surface area contributed by atoms with Crippen molar-refractivity contribution in [3.8, 4) is 11.1 Å². The number of carbonyl (C=O) groups is 2. The van der Waals surface area contributed by atoms with E-state index in [1.807, 2.05) is 24.2 Å². The monoisotopic (exact) mass is 504 g/mol. The fraction of sp³-hybridized carbons (Fsp3) is 0.581. The molecule has 6 heteroatoms. The average Bonchev–Trinajstić information content (AvgIpc) is 3.41. The van der Waals surface area contributed by atoms with Crippen molar-refractivity contribution in [1.29, 1.82) is 0 Å². The highest BCUT2D eigenvalue weighted by molar-refractivity contribution is 5.90. The highest BCUT2D eigenvalue weighted by Gasteiger charge is 2.39. The summed E-state index contributed by atoms with van der Waals surface area (Å²) in [6, 6.07) is 10.1. The molecule has 4 rings (SSSR count). The summed E-state index contributed by atoms with van der Waals surface area (Å²) in [5, 5.41) is 6.14. The van der Waals surface area contributed by atoms with Crippen LogP contribution in [0.25, 0.3) is 11.1 Å². The molecule has 1 aromatic carbocycles. The van der Waals surface area contributed by atoms with E-state index in [1.165, 1.54) is 12.0 Å². The van der Waals surface area contributed by atoms with Gasteiger partial charge in [-0.25, -0.2) is 0 Å². The van der Waals surface area contributed by atoms with E-state index >= 15 is 0 Å². The Morgan fingerprint density at radius 1 is 0.973 bits per heavy atom. The smallest absolute Gasteiger partial charge is 0.245 e. The Morgan fingerprint density at radius 2 is 1.68 bits per heavy atom. The zero-order valence-corrected chi connectivity index (χ0v) is 23.2. The first-order valence-corrected chi connectivity index (χ1v) is 14.0. The molecule has 3 atom stereocenters. The van der Waals surface area contributed by atoms with E-state index in [2.05, 4.69) is 66.7 Å². The van der Waals surface area contributed by atoms with Gasteiger partial charge in [0.05, 0.1) is 12.1 Å². The molecule has 1 aliphatic carbocycles. The molecule has 1 saturated carbocycles. The average molecular weight is 505 g/mol. The molecule has 2 aromatic rings. The molecule has 0 bridgehead atoms. The van der Waals surface area contributed by atoms with E-state index in [1.54, 1.807) is 7.05 Å². The molecule has 2 fully saturated rings. The largest absolute Gasteiger partial charge is 0.343 e. The van der Waals surface area contributed by atoms with Crippen LogP contribution in [0.4, 0.5) is 0 Å². The predicted octanol–water partition coefficient (Wildman–Crippen LogP) is 5.38. The molecule has 1 aliphatic heterocycles. The lowest BCUT2D eigenvalue weighted by atomic mass is 9.83. The second kappa shape index (κ2) is 11.8. The van der Waals surface area contributed by atoms with Gasteiger partial charge >= 0.3 is 0 Å².